The van der Waals surface area contributed by atoms with Crippen molar-refractivity contribution in [3.8, 4) is 0 Å². The van der Waals surface area contributed by atoms with Gasteiger partial charge < -0.3 is 15.5 Å². The van der Waals surface area contributed by atoms with Gasteiger partial charge in [0.1, 0.15) is 0 Å². The molecule has 35 heavy (non-hydrogen) atoms. The first-order valence-corrected chi connectivity index (χ1v) is 12.1. The smallest absolute Gasteiger partial charge is 0.332 e. The predicted octanol–water partition coefficient (Wildman–Crippen LogP) is 3.25. The number of halogens is 1. The minimum absolute atomic E-state index is 0.0971. The number of benzene rings is 3. The van der Waals surface area contributed by atoms with Crippen molar-refractivity contribution in [2.45, 2.75) is 13.1 Å². The summed E-state index contributed by atoms with van der Waals surface area (Å²) in [5, 5.41) is 1.00. The Morgan fingerprint density at radius 3 is 2.26 bits per heavy atom. The van der Waals surface area contributed by atoms with Crippen LogP contribution in [-0.4, -0.2) is 47.3 Å². The molecule has 0 atom stereocenters. The van der Waals surface area contributed by atoms with E-state index < -0.39 is 0 Å². The first-order valence-electron chi connectivity index (χ1n) is 11.7. The molecule has 5 rings (SSSR count). The van der Waals surface area contributed by atoms with Crippen LogP contribution in [0, 0.1) is 0 Å². The van der Waals surface area contributed by atoms with Gasteiger partial charge in [-0.1, -0.05) is 60.1 Å². The largest absolute Gasteiger partial charge is 0.398 e. The second-order valence-corrected chi connectivity index (χ2v) is 9.49. The van der Waals surface area contributed by atoms with Crippen molar-refractivity contribution in [1.82, 2.24) is 14.0 Å². The van der Waals surface area contributed by atoms with Crippen LogP contribution in [0.25, 0.3) is 10.9 Å². The standard InChI is InChI=1S/C27H28ClN5O2/c1-30-11-13-31(14-12-30)23-15-21(28)16-24-25(23)26(34)33(18-20-9-5-6-10-22(20)29)27(35)32(24)17-19-7-3-2-4-8-19/h2-10,15-16H,11-14,17-18,29H2,1H3. The maximum atomic E-state index is 13.9. The summed E-state index contributed by atoms with van der Waals surface area (Å²) < 4.78 is 2.95. The molecule has 180 valence electrons. The fourth-order valence-electron chi connectivity index (χ4n) is 4.68. The molecule has 4 aromatic rings. The lowest BCUT2D eigenvalue weighted by Crippen LogP contribution is -2.46. The minimum atomic E-state index is -0.388. The average molecular weight is 490 g/mol. The van der Waals surface area contributed by atoms with E-state index in [1.54, 1.807) is 16.7 Å². The van der Waals surface area contributed by atoms with Crippen LogP contribution in [0.2, 0.25) is 5.02 Å². The summed E-state index contributed by atoms with van der Waals surface area (Å²) in [6.07, 6.45) is 0. The summed E-state index contributed by atoms with van der Waals surface area (Å²) in [7, 11) is 2.09. The summed E-state index contributed by atoms with van der Waals surface area (Å²) >= 11 is 6.56. The lowest BCUT2D eigenvalue weighted by molar-refractivity contribution is 0.313. The topological polar surface area (TPSA) is 76.5 Å². The number of likely N-dealkylation sites (N-methyl/N-ethyl adjacent to an activating group) is 1. The first-order chi connectivity index (χ1) is 16.9. The van der Waals surface area contributed by atoms with Crippen LogP contribution < -0.4 is 21.9 Å². The molecule has 1 fully saturated rings. The zero-order valence-corrected chi connectivity index (χ0v) is 20.4. The van der Waals surface area contributed by atoms with E-state index in [1.807, 2.05) is 54.6 Å². The third-order valence-electron chi connectivity index (χ3n) is 6.68. The highest BCUT2D eigenvalue weighted by atomic mass is 35.5. The van der Waals surface area contributed by atoms with Crippen LogP contribution in [0.4, 0.5) is 11.4 Å². The minimum Gasteiger partial charge on any atom is -0.398 e. The molecular weight excluding hydrogens is 462 g/mol. The van der Waals surface area contributed by atoms with Crippen molar-refractivity contribution in [1.29, 1.82) is 0 Å². The maximum absolute atomic E-state index is 13.9. The summed E-state index contributed by atoms with van der Waals surface area (Å²) in [5.74, 6) is 0. The molecule has 1 aliphatic heterocycles. The highest BCUT2D eigenvalue weighted by Crippen LogP contribution is 2.29. The van der Waals surface area contributed by atoms with Crippen LogP contribution in [0.3, 0.4) is 0 Å². The second kappa shape index (κ2) is 9.60. The van der Waals surface area contributed by atoms with Crippen LogP contribution in [0.5, 0.6) is 0 Å². The number of rotatable bonds is 5. The van der Waals surface area contributed by atoms with E-state index in [1.165, 1.54) is 4.57 Å². The molecule has 7 nitrogen and oxygen atoms in total. The van der Waals surface area contributed by atoms with Gasteiger partial charge in [-0.05, 0) is 36.4 Å². The number of nitrogens with zero attached hydrogens (tertiary/aromatic N) is 4. The molecule has 2 N–H and O–H groups in total. The van der Waals surface area contributed by atoms with Crippen molar-refractivity contribution in [2.24, 2.45) is 0 Å². The number of piperazine rings is 1. The number of anilines is 2. The first kappa shape index (κ1) is 23.2. The quantitative estimate of drug-likeness (QED) is 0.435. The van der Waals surface area contributed by atoms with E-state index in [4.69, 9.17) is 17.3 Å². The van der Waals surface area contributed by atoms with Crippen LogP contribution in [-0.2, 0) is 13.1 Å². The fourth-order valence-corrected chi connectivity index (χ4v) is 4.89. The molecule has 3 aromatic carbocycles. The van der Waals surface area contributed by atoms with Gasteiger partial charge in [0.15, 0.2) is 0 Å². The van der Waals surface area contributed by atoms with Crippen LogP contribution >= 0.6 is 11.6 Å². The highest BCUT2D eigenvalue weighted by Gasteiger charge is 2.23. The van der Waals surface area contributed by atoms with Crippen LogP contribution in [0.1, 0.15) is 11.1 Å². The van der Waals surface area contributed by atoms with Gasteiger partial charge in [0.05, 0.1) is 29.7 Å². The molecule has 1 aromatic heterocycles. The Kier molecular flexibility index (Phi) is 6.36. The van der Waals surface area contributed by atoms with E-state index >= 15 is 0 Å². The van der Waals surface area contributed by atoms with Gasteiger partial charge in [0.2, 0.25) is 0 Å². The van der Waals surface area contributed by atoms with Crippen LogP contribution in [0.15, 0.2) is 76.3 Å². The van der Waals surface area contributed by atoms with Gasteiger partial charge >= 0.3 is 5.69 Å². The lowest BCUT2D eigenvalue weighted by atomic mass is 10.1. The Bertz CT molecular complexity index is 1490. The third-order valence-corrected chi connectivity index (χ3v) is 6.90. The average Bonchev–Trinajstić information content (AvgIpc) is 2.86. The van der Waals surface area contributed by atoms with Crippen molar-refractivity contribution in [3.05, 3.63) is 104 Å². The lowest BCUT2D eigenvalue weighted by Gasteiger charge is -2.34. The molecule has 0 aliphatic carbocycles. The van der Waals surface area contributed by atoms with E-state index in [2.05, 4.69) is 16.8 Å². The van der Waals surface area contributed by atoms with Gasteiger partial charge in [0, 0.05) is 36.9 Å². The molecule has 8 heteroatoms. The number of hydrogen-bond donors (Lipinski definition) is 1. The SMILES string of the molecule is CN1CCN(c2cc(Cl)cc3c2c(=O)n(Cc2ccccc2N)c(=O)n3Cc2ccccc2)CC1. The molecule has 0 unspecified atom stereocenters. The van der Waals surface area contributed by atoms with Crippen molar-refractivity contribution in [3.63, 3.8) is 0 Å². The molecule has 0 bridgehead atoms. The molecule has 1 aliphatic rings. The molecule has 0 amide bonds. The third kappa shape index (κ3) is 4.57. The molecule has 0 saturated carbocycles. The molecular formula is C27H28ClN5O2. The maximum Gasteiger partial charge on any atom is 0.332 e. The Hall–Kier alpha value is -3.55. The number of nitrogens with two attached hydrogens (primary N) is 1. The number of aromatic nitrogens is 2. The normalized spacial score (nSPS) is 14.5. The van der Waals surface area contributed by atoms with Gasteiger partial charge in [-0.2, -0.15) is 0 Å². The van der Waals surface area contributed by atoms with E-state index in [0.717, 1.165) is 43.0 Å². The van der Waals surface area contributed by atoms with Gasteiger partial charge in [-0.15, -0.1) is 0 Å². The summed E-state index contributed by atoms with van der Waals surface area (Å²) in [6.45, 7) is 3.73. The number of para-hydroxylation sites is 1. The Labute approximate surface area is 208 Å². The molecule has 0 spiro atoms. The predicted molar refractivity (Wildman–Crippen MR) is 143 cm³/mol. The number of fused-ring (bicyclic) bond motifs is 1. The highest BCUT2D eigenvalue weighted by molar-refractivity contribution is 6.31. The Morgan fingerprint density at radius 2 is 1.54 bits per heavy atom. The van der Waals surface area contributed by atoms with Crippen molar-refractivity contribution in [2.75, 3.05) is 43.9 Å². The molecule has 1 saturated heterocycles. The summed E-state index contributed by atoms with van der Waals surface area (Å²) in [5.41, 5.74) is 8.99. The van der Waals surface area contributed by atoms with Crippen molar-refractivity contribution < 1.29 is 0 Å². The zero-order valence-electron chi connectivity index (χ0n) is 19.7. The number of hydrogen-bond acceptors (Lipinski definition) is 5. The fraction of sp³-hybridized carbons (Fsp3) is 0.259. The van der Waals surface area contributed by atoms with Crippen molar-refractivity contribution >= 4 is 33.9 Å². The molecule has 0 radical (unpaired) electrons. The zero-order chi connectivity index (χ0) is 24.5. The van der Waals surface area contributed by atoms with Gasteiger partial charge in [0.25, 0.3) is 5.56 Å². The Morgan fingerprint density at radius 1 is 0.857 bits per heavy atom. The van der Waals surface area contributed by atoms with Gasteiger partial charge in [-0.25, -0.2) is 4.79 Å². The second-order valence-electron chi connectivity index (χ2n) is 9.05. The summed E-state index contributed by atoms with van der Waals surface area (Å²) in [6, 6.07) is 20.6. The van der Waals surface area contributed by atoms with E-state index in [9.17, 15) is 9.59 Å². The Balaban J connectivity index is 1.77. The van der Waals surface area contributed by atoms with Gasteiger partial charge in [-0.3, -0.25) is 13.9 Å². The van der Waals surface area contributed by atoms with E-state index in [0.29, 0.717) is 28.2 Å². The monoisotopic (exact) mass is 489 g/mol. The molecule has 2 heterocycles. The number of nitrogen functional groups attached to an aromatic ring is 1. The van der Waals surface area contributed by atoms with E-state index in [-0.39, 0.29) is 17.8 Å². The summed E-state index contributed by atoms with van der Waals surface area (Å²) in [4.78, 5) is 32.2.